The summed E-state index contributed by atoms with van der Waals surface area (Å²) in [6, 6.07) is 15.9. The van der Waals surface area contributed by atoms with Crippen molar-refractivity contribution in [1.82, 2.24) is 5.43 Å². The van der Waals surface area contributed by atoms with Crippen LogP contribution in [0.15, 0.2) is 64.1 Å². The number of fused-ring (bicyclic) bond motifs is 1. The van der Waals surface area contributed by atoms with Gasteiger partial charge in [0.1, 0.15) is 11.5 Å². The maximum atomic E-state index is 12.8. The van der Waals surface area contributed by atoms with Crippen LogP contribution in [0, 0.1) is 6.92 Å². The van der Waals surface area contributed by atoms with Crippen LogP contribution in [0.4, 0.5) is 5.69 Å². The van der Waals surface area contributed by atoms with Crippen molar-refractivity contribution < 1.29 is 18.7 Å². The molecule has 0 aliphatic heterocycles. The minimum absolute atomic E-state index is 0.146. The number of nitrogens with one attached hydrogen (secondary N) is 2. The second kappa shape index (κ2) is 9.70. The monoisotopic (exact) mass is 451 g/mol. The summed E-state index contributed by atoms with van der Waals surface area (Å²) in [6.45, 7) is 1.67. The number of halogens is 1. The average molecular weight is 452 g/mol. The summed E-state index contributed by atoms with van der Waals surface area (Å²) in [5, 5.41) is 7.70. The Kier molecular flexibility index (Phi) is 6.56. The van der Waals surface area contributed by atoms with Gasteiger partial charge in [-0.3, -0.25) is 9.59 Å². The van der Waals surface area contributed by atoms with Gasteiger partial charge in [0.15, 0.2) is 12.4 Å². The number of nitrogens with zero attached hydrogens (tertiary/aromatic N) is 1. The van der Waals surface area contributed by atoms with Crippen LogP contribution >= 0.6 is 11.6 Å². The number of carbonyl (C=O) groups is 2. The van der Waals surface area contributed by atoms with E-state index < -0.39 is 0 Å². The summed E-state index contributed by atoms with van der Waals surface area (Å²) in [7, 11) is 0. The van der Waals surface area contributed by atoms with Crippen molar-refractivity contribution in [2.45, 2.75) is 26.2 Å². The number of furan rings is 1. The van der Waals surface area contributed by atoms with E-state index in [-0.39, 0.29) is 24.2 Å². The van der Waals surface area contributed by atoms with E-state index in [9.17, 15) is 9.59 Å². The molecule has 7 nitrogen and oxygen atoms in total. The second-order valence-electron chi connectivity index (χ2n) is 7.36. The average Bonchev–Trinajstić information content (AvgIpc) is 3.16. The molecule has 1 aliphatic rings. The second-order valence-corrected chi connectivity index (χ2v) is 7.80. The zero-order chi connectivity index (χ0) is 22.5. The molecular formula is C24H22ClN3O4. The maximum Gasteiger partial charge on any atom is 0.291 e. The molecule has 4 rings (SSSR count). The van der Waals surface area contributed by atoms with Gasteiger partial charge in [0.05, 0.1) is 5.71 Å². The Morgan fingerprint density at radius 1 is 1.09 bits per heavy atom. The van der Waals surface area contributed by atoms with Crippen LogP contribution in [-0.4, -0.2) is 24.1 Å². The summed E-state index contributed by atoms with van der Waals surface area (Å²) >= 11 is 5.90. The van der Waals surface area contributed by atoms with E-state index in [0.717, 1.165) is 12.0 Å². The van der Waals surface area contributed by atoms with Gasteiger partial charge in [0.2, 0.25) is 0 Å². The fourth-order valence-corrected chi connectivity index (χ4v) is 3.67. The number of ether oxygens (including phenoxy) is 1. The molecule has 0 atom stereocenters. The van der Waals surface area contributed by atoms with Gasteiger partial charge < -0.3 is 14.5 Å². The van der Waals surface area contributed by atoms with Gasteiger partial charge in [-0.05, 0) is 56.2 Å². The fraction of sp³-hybridized carbons (Fsp3) is 0.208. The normalized spacial score (nSPS) is 14.0. The third kappa shape index (κ3) is 5.00. The quantitative estimate of drug-likeness (QED) is 0.530. The first kappa shape index (κ1) is 21.6. The SMILES string of the molecule is Cc1c(C(=O)Nc2ccc(Cl)cc2)oc2c1/C(=N/NC(=O)COc1ccccc1)CCC2. The first-order valence-electron chi connectivity index (χ1n) is 10.2. The van der Waals surface area contributed by atoms with Gasteiger partial charge in [-0.2, -0.15) is 5.10 Å². The molecule has 8 heteroatoms. The van der Waals surface area contributed by atoms with E-state index >= 15 is 0 Å². The number of hydrogen-bond donors (Lipinski definition) is 2. The van der Waals surface area contributed by atoms with Gasteiger partial charge in [-0.1, -0.05) is 29.8 Å². The lowest BCUT2D eigenvalue weighted by molar-refractivity contribution is -0.123. The number of para-hydroxylation sites is 1. The van der Waals surface area contributed by atoms with Crippen LogP contribution in [-0.2, 0) is 11.2 Å². The molecule has 0 saturated heterocycles. The first-order chi connectivity index (χ1) is 15.5. The number of carbonyl (C=O) groups excluding carboxylic acids is 2. The maximum absolute atomic E-state index is 12.8. The summed E-state index contributed by atoms with van der Waals surface area (Å²) < 4.78 is 11.3. The standard InChI is InChI=1S/C24H22ClN3O4/c1-15-22-19(27-28-21(29)14-31-18-6-3-2-4-7-18)8-5-9-20(22)32-23(15)24(30)26-17-12-10-16(25)11-13-17/h2-4,6-7,10-13H,5,8-9,14H2,1H3,(H,26,30)(H,28,29)/b27-19+. The van der Waals surface area contributed by atoms with E-state index in [1.54, 1.807) is 36.4 Å². The summed E-state index contributed by atoms with van der Waals surface area (Å²) in [4.78, 5) is 24.9. The molecule has 0 saturated carbocycles. The van der Waals surface area contributed by atoms with E-state index in [2.05, 4.69) is 15.8 Å². The smallest absolute Gasteiger partial charge is 0.291 e. The first-order valence-corrected chi connectivity index (χ1v) is 10.6. The highest BCUT2D eigenvalue weighted by atomic mass is 35.5. The molecule has 0 radical (unpaired) electrons. The zero-order valence-corrected chi connectivity index (χ0v) is 18.2. The lowest BCUT2D eigenvalue weighted by Crippen LogP contribution is -2.27. The Labute approximate surface area is 190 Å². The third-order valence-corrected chi connectivity index (χ3v) is 5.31. The van der Waals surface area contributed by atoms with Crippen LogP contribution in [0.2, 0.25) is 5.02 Å². The fourth-order valence-electron chi connectivity index (χ4n) is 3.55. The minimum atomic E-state index is -0.365. The van der Waals surface area contributed by atoms with Gasteiger partial charge in [0.25, 0.3) is 11.8 Å². The van der Waals surface area contributed by atoms with Crippen LogP contribution in [0.5, 0.6) is 5.75 Å². The van der Waals surface area contributed by atoms with Crippen molar-refractivity contribution >= 4 is 34.8 Å². The Balaban J connectivity index is 1.45. The molecule has 0 spiro atoms. The number of hydrazone groups is 1. The number of aryl methyl sites for hydroxylation is 1. The zero-order valence-electron chi connectivity index (χ0n) is 17.5. The molecule has 2 N–H and O–H groups in total. The summed E-state index contributed by atoms with van der Waals surface area (Å²) in [5.74, 6) is 0.827. The molecule has 2 amide bonds. The molecule has 0 unspecified atom stereocenters. The Hall–Kier alpha value is -3.58. The summed E-state index contributed by atoms with van der Waals surface area (Å²) in [5.41, 5.74) is 5.32. The van der Waals surface area contributed by atoms with Crippen LogP contribution in [0.25, 0.3) is 0 Å². The lowest BCUT2D eigenvalue weighted by Gasteiger charge is -2.13. The highest BCUT2D eigenvalue weighted by molar-refractivity contribution is 6.30. The topological polar surface area (TPSA) is 92.9 Å². The van der Waals surface area contributed by atoms with Gasteiger partial charge in [-0.15, -0.1) is 0 Å². The van der Waals surface area contributed by atoms with Crippen LogP contribution < -0.4 is 15.5 Å². The third-order valence-electron chi connectivity index (χ3n) is 5.06. The van der Waals surface area contributed by atoms with Gasteiger partial charge >= 0.3 is 0 Å². The Morgan fingerprint density at radius 2 is 1.84 bits per heavy atom. The van der Waals surface area contributed by atoms with Crippen LogP contribution in [0.3, 0.4) is 0 Å². The highest BCUT2D eigenvalue weighted by Gasteiger charge is 2.28. The highest BCUT2D eigenvalue weighted by Crippen LogP contribution is 2.30. The predicted octanol–water partition coefficient (Wildman–Crippen LogP) is 4.73. The summed E-state index contributed by atoms with van der Waals surface area (Å²) in [6.07, 6.45) is 2.19. The van der Waals surface area contributed by atoms with Crippen LogP contribution in [0.1, 0.15) is 40.3 Å². The van der Waals surface area contributed by atoms with E-state index in [4.69, 9.17) is 20.8 Å². The Morgan fingerprint density at radius 3 is 2.59 bits per heavy atom. The minimum Gasteiger partial charge on any atom is -0.484 e. The molecule has 2 aromatic carbocycles. The lowest BCUT2D eigenvalue weighted by atomic mass is 9.93. The van der Waals surface area contributed by atoms with Crippen molar-refractivity contribution in [3.8, 4) is 5.75 Å². The molecule has 1 aromatic heterocycles. The number of rotatable bonds is 6. The van der Waals surface area contributed by atoms with Crippen molar-refractivity contribution in [3.05, 3.63) is 82.3 Å². The molecule has 0 bridgehead atoms. The molecule has 0 fully saturated rings. The molecular weight excluding hydrogens is 430 g/mol. The molecule has 164 valence electrons. The van der Waals surface area contributed by atoms with E-state index in [0.29, 0.717) is 46.3 Å². The number of anilines is 1. The van der Waals surface area contributed by atoms with Crippen molar-refractivity contribution in [2.75, 3.05) is 11.9 Å². The number of benzene rings is 2. The van der Waals surface area contributed by atoms with Crippen molar-refractivity contribution in [1.29, 1.82) is 0 Å². The largest absolute Gasteiger partial charge is 0.484 e. The predicted molar refractivity (Wildman–Crippen MR) is 122 cm³/mol. The van der Waals surface area contributed by atoms with Gasteiger partial charge in [0, 0.05) is 28.3 Å². The molecule has 1 aliphatic carbocycles. The number of hydrogen-bond acceptors (Lipinski definition) is 5. The van der Waals surface area contributed by atoms with Crippen molar-refractivity contribution in [2.24, 2.45) is 5.10 Å². The molecule has 1 heterocycles. The molecule has 32 heavy (non-hydrogen) atoms. The van der Waals surface area contributed by atoms with E-state index in [1.807, 2.05) is 25.1 Å². The van der Waals surface area contributed by atoms with Crippen molar-refractivity contribution in [3.63, 3.8) is 0 Å². The van der Waals surface area contributed by atoms with Gasteiger partial charge in [-0.25, -0.2) is 5.43 Å². The molecule has 3 aromatic rings. The number of amides is 2. The Bertz CT molecular complexity index is 1150. The van der Waals surface area contributed by atoms with E-state index in [1.165, 1.54) is 0 Å².